The molecule has 9 heteroatoms. The molecule has 0 aliphatic carbocycles. The Balaban J connectivity index is 1.26. The first-order chi connectivity index (χ1) is 18.6. The summed E-state index contributed by atoms with van der Waals surface area (Å²) in [6.45, 7) is 5.04. The molecule has 7 nitrogen and oxygen atoms in total. The van der Waals surface area contributed by atoms with Crippen LogP contribution in [0.2, 0.25) is 5.02 Å². The molecule has 0 unspecified atom stereocenters. The Morgan fingerprint density at radius 1 is 1.05 bits per heavy atom. The van der Waals surface area contributed by atoms with Gasteiger partial charge in [-0.3, -0.25) is 4.90 Å². The van der Waals surface area contributed by atoms with Crippen LogP contribution in [0.4, 0.5) is 15.9 Å². The molecule has 5 rings (SSSR count). The normalized spacial score (nSPS) is 13.4. The van der Waals surface area contributed by atoms with Gasteiger partial charge in [0, 0.05) is 44.6 Å². The molecular formula is C29H26ClFN6O. The summed E-state index contributed by atoms with van der Waals surface area (Å²) in [5.74, 6) is 7.01. The van der Waals surface area contributed by atoms with Gasteiger partial charge >= 0.3 is 0 Å². The summed E-state index contributed by atoms with van der Waals surface area (Å²) in [5, 5.41) is 7.03. The number of halogens is 2. The molecule has 1 aliphatic rings. The van der Waals surface area contributed by atoms with Crippen LogP contribution in [0, 0.1) is 17.7 Å². The Morgan fingerprint density at radius 2 is 1.92 bits per heavy atom. The monoisotopic (exact) mass is 528 g/mol. The minimum Gasteiger partial charge on any atom is -0.487 e. The van der Waals surface area contributed by atoms with Gasteiger partial charge in [0.2, 0.25) is 0 Å². The van der Waals surface area contributed by atoms with Gasteiger partial charge in [-0.25, -0.2) is 19.3 Å². The second kappa shape index (κ2) is 12.5. The van der Waals surface area contributed by atoms with Crippen molar-refractivity contribution in [2.24, 2.45) is 0 Å². The maximum absolute atomic E-state index is 13.4. The first-order valence-corrected chi connectivity index (χ1v) is 12.6. The van der Waals surface area contributed by atoms with Crippen LogP contribution in [0.5, 0.6) is 5.75 Å². The summed E-state index contributed by atoms with van der Waals surface area (Å²) in [4.78, 5) is 15.6. The molecule has 1 fully saturated rings. The molecule has 0 radical (unpaired) electrons. The SMILES string of the molecule is Fc1cccc(COc2ccc(Nc3ncncc3C#Cc3cccc(CN4CCNCC4)n3)cc2Cl)c1. The van der Waals surface area contributed by atoms with Crippen LogP contribution < -0.4 is 15.4 Å². The second-order valence-electron chi connectivity index (χ2n) is 8.76. The summed E-state index contributed by atoms with van der Waals surface area (Å²) < 4.78 is 19.2. The minimum atomic E-state index is -0.306. The molecule has 0 atom stereocenters. The third-order valence-electron chi connectivity index (χ3n) is 5.92. The predicted molar refractivity (Wildman–Crippen MR) is 146 cm³/mol. The first-order valence-electron chi connectivity index (χ1n) is 12.3. The summed E-state index contributed by atoms with van der Waals surface area (Å²) in [5.41, 5.74) is 3.75. The van der Waals surface area contributed by atoms with E-state index in [1.165, 1.54) is 18.5 Å². The fourth-order valence-electron chi connectivity index (χ4n) is 4.01. The zero-order valence-corrected chi connectivity index (χ0v) is 21.4. The van der Waals surface area contributed by atoms with E-state index in [-0.39, 0.29) is 12.4 Å². The quantitative estimate of drug-likeness (QED) is 0.334. The lowest BCUT2D eigenvalue weighted by Gasteiger charge is -2.26. The van der Waals surface area contributed by atoms with Crippen molar-refractivity contribution in [2.75, 3.05) is 31.5 Å². The maximum Gasteiger partial charge on any atom is 0.149 e. The molecule has 2 aromatic heterocycles. The molecule has 38 heavy (non-hydrogen) atoms. The highest BCUT2D eigenvalue weighted by molar-refractivity contribution is 6.32. The first kappa shape index (κ1) is 25.6. The van der Waals surface area contributed by atoms with Crippen LogP contribution in [0.15, 0.2) is 73.2 Å². The summed E-state index contributed by atoms with van der Waals surface area (Å²) in [6.07, 6.45) is 3.11. The molecular weight excluding hydrogens is 503 g/mol. The van der Waals surface area contributed by atoms with Gasteiger partial charge in [0.25, 0.3) is 0 Å². The van der Waals surface area contributed by atoms with Crippen LogP contribution in [-0.2, 0) is 13.2 Å². The smallest absolute Gasteiger partial charge is 0.149 e. The Bertz CT molecular complexity index is 1460. The predicted octanol–water partition coefficient (Wildman–Crippen LogP) is 4.79. The highest BCUT2D eigenvalue weighted by Gasteiger charge is 2.11. The summed E-state index contributed by atoms with van der Waals surface area (Å²) >= 11 is 6.44. The van der Waals surface area contributed by atoms with E-state index in [9.17, 15) is 4.39 Å². The zero-order chi connectivity index (χ0) is 26.2. The number of aromatic nitrogens is 3. The molecule has 2 N–H and O–H groups in total. The van der Waals surface area contributed by atoms with Gasteiger partial charge in [-0.1, -0.05) is 35.7 Å². The van der Waals surface area contributed by atoms with Gasteiger partial charge in [0.1, 0.15) is 36.0 Å². The van der Waals surface area contributed by atoms with Gasteiger partial charge in [0.15, 0.2) is 0 Å². The van der Waals surface area contributed by atoms with E-state index >= 15 is 0 Å². The van der Waals surface area contributed by atoms with Crippen molar-refractivity contribution in [3.05, 3.63) is 107 Å². The lowest BCUT2D eigenvalue weighted by Crippen LogP contribution is -2.43. The van der Waals surface area contributed by atoms with Crippen LogP contribution in [0.3, 0.4) is 0 Å². The van der Waals surface area contributed by atoms with Crippen molar-refractivity contribution in [3.63, 3.8) is 0 Å². The van der Waals surface area contributed by atoms with Gasteiger partial charge in [-0.05, 0) is 53.9 Å². The Kier molecular flexibility index (Phi) is 8.41. The fourth-order valence-corrected chi connectivity index (χ4v) is 4.24. The number of anilines is 2. The van der Waals surface area contributed by atoms with Crippen LogP contribution in [0.1, 0.15) is 22.5 Å². The molecule has 0 spiro atoms. The number of hydrogen-bond acceptors (Lipinski definition) is 7. The van der Waals surface area contributed by atoms with E-state index in [1.54, 1.807) is 30.5 Å². The molecule has 0 bridgehead atoms. The van der Waals surface area contributed by atoms with E-state index < -0.39 is 0 Å². The highest BCUT2D eigenvalue weighted by Crippen LogP contribution is 2.30. The maximum atomic E-state index is 13.4. The zero-order valence-electron chi connectivity index (χ0n) is 20.6. The van der Waals surface area contributed by atoms with E-state index in [0.717, 1.165) is 44.0 Å². The van der Waals surface area contributed by atoms with Crippen molar-refractivity contribution in [3.8, 4) is 17.6 Å². The van der Waals surface area contributed by atoms with Crippen molar-refractivity contribution >= 4 is 23.1 Å². The Morgan fingerprint density at radius 3 is 2.76 bits per heavy atom. The molecule has 0 saturated carbocycles. The number of benzene rings is 2. The third-order valence-corrected chi connectivity index (χ3v) is 6.21. The number of pyridine rings is 1. The van der Waals surface area contributed by atoms with Crippen molar-refractivity contribution < 1.29 is 9.13 Å². The Labute approximate surface area is 226 Å². The second-order valence-corrected chi connectivity index (χ2v) is 9.17. The lowest BCUT2D eigenvalue weighted by molar-refractivity contribution is 0.230. The van der Waals surface area contributed by atoms with Crippen molar-refractivity contribution in [1.29, 1.82) is 0 Å². The van der Waals surface area contributed by atoms with Gasteiger partial charge in [0.05, 0.1) is 16.3 Å². The van der Waals surface area contributed by atoms with E-state index in [1.807, 2.05) is 24.3 Å². The highest BCUT2D eigenvalue weighted by atomic mass is 35.5. The third kappa shape index (κ3) is 7.05. The van der Waals surface area contributed by atoms with E-state index in [4.69, 9.17) is 21.3 Å². The van der Waals surface area contributed by atoms with Crippen LogP contribution >= 0.6 is 11.6 Å². The molecule has 0 amide bonds. The average molecular weight is 529 g/mol. The number of piperazine rings is 1. The topological polar surface area (TPSA) is 75.2 Å². The summed E-state index contributed by atoms with van der Waals surface area (Å²) in [7, 11) is 0. The molecule has 192 valence electrons. The molecule has 4 aromatic rings. The van der Waals surface area contributed by atoms with Crippen molar-refractivity contribution in [1.82, 2.24) is 25.2 Å². The van der Waals surface area contributed by atoms with Crippen molar-refractivity contribution in [2.45, 2.75) is 13.2 Å². The minimum absolute atomic E-state index is 0.209. The lowest BCUT2D eigenvalue weighted by atomic mass is 10.2. The molecule has 1 aliphatic heterocycles. The molecule has 3 heterocycles. The average Bonchev–Trinajstić information content (AvgIpc) is 2.93. The molecule has 2 aromatic carbocycles. The number of ether oxygens (including phenoxy) is 1. The van der Waals surface area contributed by atoms with E-state index in [0.29, 0.717) is 33.5 Å². The number of nitrogens with one attached hydrogen (secondary N) is 2. The number of hydrogen-bond donors (Lipinski definition) is 2. The van der Waals surface area contributed by atoms with Crippen LogP contribution in [0.25, 0.3) is 0 Å². The van der Waals surface area contributed by atoms with E-state index in [2.05, 4.69) is 37.3 Å². The van der Waals surface area contributed by atoms with Gasteiger partial charge in [-0.2, -0.15) is 0 Å². The molecule has 1 saturated heterocycles. The van der Waals surface area contributed by atoms with Gasteiger partial charge in [-0.15, -0.1) is 0 Å². The number of rotatable bonds is 7. The number of nitrogens with zero attached hydrogens (tertiary/aromatic N) is 4. The Hall–Kier alpha value is -4.03. The van der Waals surface area contributed by atoms with Crippen LogP contribution in [-0.4, -0.2) is 46.0 Å². The standard InChI is InChI=1S/C29H26ClFN6O/c30-27-16-25(9-10-28(27)38-19-21-3-1-4-23(31)15-21)36-29-22(17-33-20-34-29)7-8-24-5-2-6-26(35-24)18-37-13-11-32-12-14-37/h1-6,9-10,15-17,20,32H,11-14,18-19H2,(H,33,34,36). The fraction of sp³-hybridized carbons (Fsp3) is 0.207. The summed E-state index contributed by atoms with van der Waals surface area (Å²) in [6, 6.07) is 17.5. The van der Waals surface area contributed by atoms with Gasteiger partial charge < -0.3 is 15.4 Å². The largest absolute Gasteiger partial charge is 0.487 e.